The van der Waals surface area contributed by atoms with Crippen LogP contribution in [0.5, 0.6) is 11.5 Å². The van der Waals surface area contributed by atoms with E-state index in [0.717, 1.165) is 0 Å². The van der Waals surface area contributed by atoms with E-state index in [1.807, 2.05) is 0 Å². The molecule has 0 unspecified atom stereocenters. The molecule has 0 N–H and O–H groups in total. The van der Waals surface area contributed by atoms with Crippen LogP contribution in [-0.4, -0.2) is 29.6 Å². The SMILES string of the molecule is COc1ccc(C(=O)Cn2cnc3ccc(Cl)cc3c2=O)c(OC)c1. The van der Waals surface area contributed by atoms with E-state index in [0.29, 0.717) is 33.0 Å². The standard InChI is InChI=1S/C18H15ClN2O4/c1-24-12-4-5-13(17(8-12)25-2)16(22)9-21-10-20-15-6-3-11(19)7-14(15)18(21)23/h3-8,10H,9H2,1-2H3. The van der Waals surface area contributed by atoms with Gasteiger partial charge in [0.15, 0.2) is 5.78 Å². The Kier molecular flexibility index (Phi) is 4.72. The summed E-state index contributed by atoms with van der Waals surface area (Å²) in [5, 5.41) is 0.803. The van der Waals surface area contributed by atoms with Gasteiger partial charge in [-0.15, -0.1) is 0 Å². The maximum Gasteiger partial charge on any atom is 0.261 e. The number of benzene rings is 2. The van der Waals surface area contributed by atoms with Crippen molar-refractivity contribution in [1.29, 1.82) is 0 Å². The Morgan fingerprint density at radius 3 is 2.68 bits per heavy atom. The first-order valence-corrected chi connectivity index (χ1v) is 7.81. The van der Waals surface area contributed by atoms with Crippen molar-refractivity contribution in [3.63, 3.8) is 0 Å². The highest BCUT2D eigenvalue weighted by atomic mass is 35.5. The number of Topliss-reactive ketones (excluding diaryl/α,β-unsaturated/α-hetero) is 1. The number of fused-ring (bicyclic) bond motifs is 1. The maximum absolute atomic E-state index is 12.6. The Hall–Kier alpha value is -2.86. The largest absolute Gasteiger partial charge is 0.497 e. The molecule has 7 heteroatoms. The van der Waals surface area contributed by atoms with Crippen molar-refractivity contribution in [2.24, 2.45) is 0 Å². The predicted molar refractivity (Wildman–Crippen MR) is 94.9 cm³/mol. The smallest absolute Gasteiger partial charge is 0.261 e. The lowest BCUT2D eigenvalue weighted by Crippen LogP contribution is -2.25. The molecule has 0 aliphatic heterocycles. The summed E-state index contributed by atoms with van der Waals surface area (Å²) >= 11 is 5.94. The first-order valence-electron chi connectivity index (χ1n) is 7.43. The molecule has 3 aromatic rings. The minimum absolute atomic E-state index is 0.156. The van der Waals surface area contributed by atoms with Crippen LogP contribution in [0.1, 0.15) is 10.4 Å². The Labute approximate surface area is 148 Å². The van der Waals surface area contributed by atoms with Crippen LogP contribution in [0, 0.1) is 0 Å². The number of halogens is 1. The summed E-state index contributed by atoms with van der Waals surface area (Å²) in [6.07, 6.45) is 1.35. The van der Waals surface area contributed by atoms with Gasteiger partial charge in [0.05, 0.1) is 43.6 Å². The molecule has 1 aromatic heterocycles. The summed E-state index contributed by atoms with van der Waals surface area (Å²) in [5.41, 5.74) is 0.565. The summed E-state index contributed by atoms with van der Waals surface area (Å²) in [6, 6.07) is 9.76. The van der Waals surface area contributed by atoms with Gasteiger partial charge < -0.3 is 9.47 Å². The number of rotatable bonds is 5. The molecule has 1 heterocycles. The Morgan fingerprint density at radius 1 is 1.16 bits per heavy atom. The molecule has 6 nitrogen and oxygen atoms in total. The number of ether oxygens (including phenoxy) is 2. The molecule has 0 bridgehead atoms. The van der Waals surface area contributed by atoms with Crippen LogP contribution in [0.25, 0.3) is 10.9 Å². The van der Waals surface area contributed by atoms with Gasteiger partial charge in [0.2, 0.25) is 0 Å². The average Bonchev–Trinajstić information content (AvgIpc) is 2.63. The molecule has 0 saturated carbocycles. The number of hydrogen-bond acceptors (Lipinski definition) is 5. The van der Waals surface area contributed by atoms with E-state index in [4.69, 9.17) is 21.1 Å². The van der Waals surface area contributed by atoms with Crippen molar-refractivity contribution in [3.05, 3.63) is 63.7 Å². The Morgan fingerprint density at radius 2 is 1.96 bits per heavy atom. The third-order valence-corrected chi connectivity index (χ3v) is 4.04. The van der Waals surface area contributed by atoms with Crippen LogP contribution in [0.15, 0.2) is 47.5 Å². The number of methoxy groups -OCH3 is 2. The van der Waals surface area contributed by atoms with Gasteiger partial charge in [0.25, 0.3) is 5.56 Å². The second-order valence-corrected chi connectivity index (χ2v) is 5.76. The molecule has 3 rings (SSSR count). The normalized spacial score (nSPS) is 10.7. The highest BCUT2D eigenvalue weighted by molar-refractivity contribution is 6.31. The summed E-state index contributed by atoms with van der Waals surface area (Å²) in [4.78, 5) is 29.4. The number of aromatic nitrogens is 2. The van der Waals surface area contributed by atoms with Gasteiger partial charge in [-0.1, -0.05) is 11.6 Å². The first kappa shape index (κ1) is 17.0. The third-order valence-electron chi connectivity index (χ3n) is 3.81. The third kappa shape index (κ3) is 3.34. The zero-order valence-electron chi connectivity index (χ0n) is 13.7. The molecule has 0 fully saturated rings. The van der Waals surface area contributed by atoms with E-state index in [2.05, 4.69) is 4.98 Å². The molecule has 0 amide bonds. The van der Waals surface area contributed by atoms with Crippen molar-refractivity contribution in [1.82, 2.24) is 9.55 Å². The lowest BCUT2D eigenvalue weighted by atomic mass is 10.1. The molecule has 0 saturated heterocycles. The van der Waals surface area contributed by atoms with Crippen LogP contribution >= 0.6 is 11.6 Å². The van der Waals surface area contributed by atoms with Gasteiger partial charge in [-0.25, -0.2) is 4.98 Å². The molecule has 128 valence electrons. The summed E-state index contributed by atoms with van der Waals surface area (Å²) in [5.74, 6) is 0.687. The van der Waals surface area contributed by atoms with E-state index in [1.165, 1.54) is 25.1 Å². The van der Waals surface area contributed by atoms with Gasteiger partial charge >= 0.3 is 0 Å². The minimum atomic E-state index is -0.326. The number of carbonyl (C=O) groups is 1. The van der Waals surface area contributed by atoms with E-state index < -0.39 is 0 Å². The zero-order valence-corrected chi connectivity index (χ0v) is 14.4. The van der Waals surface area contributed by atoms with Gasteiger partial charge in [-0.05, 0) is 30.3 Å². The van der Waals surface area contributed by atoms with Crippen molar-refractivity contribution >= 4 is 28.3 Å². The van der Waals surface area contributed by atoms with Crippen LogP contribution in [0.3, 0.4) is 0 Å². The zero-order chi connectivity index (χ0) is 18.0. The van der Waals surface area contributed by atoms with Crippen LogP contribution in [0.4, 0.5) is 0 Å². The molecular formula is C18H15ClN2O4. The van der Waals surface area contributed by atoms with Crippen LogP contribution < -0.4 is 15.0 Å². The first-order chi connectivity index (χ1) is 12.0. The fraction of sp³-hybridized carbons (Fsp3) is 0.167. The predicted octanol–water partition coefficient (Wildman–Crippen LogP) is 2.95. The molecule has 0 radical (unpaired) electrons. The summed E-state index contributed by atoms with van der Waals surface area (Å²) in [7, 11) is 3.00. The maximum atomic E-state index is 12.6. The van der Waals surface area contributed by atoms with Crippen molar-refractivity contribution in [3.8, 4) is 11.5 Å². The lowest BCUT2D eigenvalue weighted by Gasteiger charge is -2.11. The molecule has 25 heavy (non-hydrogen) atoms. The number of hydrogen-bond donors (Lipinski definition) is 0. The number of carbonyl (C=O) groups excluding carboxylic acids is 1. The van der Waals surface area contributed by atoms with Gasteiger partial charge in [0.1, 0.15) is 11.5 Å². The summed E-state index contributed by atoms with van der Waals surface area (Å²) in [6.45, 7) is -0.156. The average molecular weight is 359 g/mol. The van der Waals surface area contributed by atoms with E-state index in [1.54, 1.807) is 36.4 Å². The van der Waals surface area contributed by atoms with Crippen LogP contribution in [-0.2, 0) is 6.54 Å². The second-order valence-electron chi connectivity index (χ2n) is 5.33. The van der Waals surface area contributed by atoms with Crippen molar-refractivity contribution < 1.29 is 14.3 Å². The second kappa shape index (κ2) is 6.94. The molecule has 0 aliphatic rings. The Balaban J connectivity index is 1.97. The monoisotopic (exact) mass is 358 g/mol. The van der Waals surface area contributed by atoms with Crippen molar-refractivity contribution in [2.45, 2.75) is 6.54 Å². The van der Waals surface area contributed by atoms with E-state index in [-0.39, 0.29) is 17.9 Å². The van der Waals surface area contributed by atoms with Gasteiger partial charge in [-0.3, -0.25) is 14.2 Å². The topological polar surface area (TPSA) is 70.4 Å². The molecular weight excluding hydrogens is 344 g/mol. The lowest BCUT2D eigenvalue weighted by molar-refractivity contribution is 0.0967. The highest BCUT2D eigenvalue weighted by Gasteiger charge is 2.15. The molecule has 0 aliphatic carbocycles. The fourth-order valence-corrected chi connectivity index (χ4v) is 2.68. The number of ketones is 1. The molecule has 0 spiro atoms. The Bertz CT molecular complexity index is 1010. The molecule has 0 atom stereocenters. The van der Waals surface area contributed by atoms with Gasteiger partial charge in [0, 0.05) is 11.1 Å². The van der Waals surface area contributed by atoms with Crippen molar-refractivity contribution in [2.75, 3.05) is 14.2 Å². The van der Waals surface area contributed by atoms with Crippen LogP contribution in [0.2, 0.25) is 5.02 Å². The fourth-order valence-electron chi connectivity index (χ4n) is 2.51. The highest BCUT2D eigenvalue weighted by Crippen LogP contribution is 2.25. The summed E-state index contributed by atoms with van der Waals surface area (Å²) < 4.78 is 11.6. The quantitative estimate of drug-likeness (QED) is 0.656. The number of nitrogens with zero attached hydrogens (tertiary/aromatic N) is 2. The van der Waals surface area contributed by atoms with E-state index in [9.17, 15) is 9.59 Å². The molecule has 2 aromatic carbocycles. The van der Waals surface area contributed by atoms with E-state index >= 15 is 0 Å². The minimum Gasteiger partial charge on any atom is -0.497 e. The van der Waals surface area contributed by atoms with Gasteiger partial charge in [-0.2, -0.15) is 0 Å².